The molecule has 34 heavy (non-hydrogen) atoms. The van der Waals surface area contributed by atoms with Crippen molar-refractivity contribution in [3.05, 3.63) is 57.8 Å². The Balaban J connectivity index is 1.44. The first kappa shape index (κ1) is 23.6. The van der Waals surface area contributed by atoms with Crippen LogP contribution in [0, 0.1) is 5.92 Å². The first-order valence-electron chi connectivity index (χ1n) is 13.0. The number of rotatable bonds is 5. The van der Waals surface area contributed by atoms with Gasteiger partial charge < -0.3 is 14.7 Å². The molecule has 0 aliphatic carbocycles. The number of hydrogen-bond acceptors (Lipinski definition) is 4. The van der Waals surface area contributed by atoms with E-state index in [-0.39, 0.29) is 23.8 Å². The summed E-state index contributed by atoms with van der Waals surface area (Å²) in [7, 11) is 0. The Hall–Kier alpha value is -2.18. The SMILES string of the molecule is CC(C)CN1C(=O)c2ccccc2[C@@H](C(=O)N2CCC(N3CCCCC3)CC2)[C@@H]1c1cccs1. The zero-order valence-electron chi connectivity index (χ0n) is 20.5. The molecule has 2 saturated heterocycles. The fourth-order valence-electron chi connectivity index (χ4n) is 6.16. The van der Waals surface area contributed by atoms with Gasteiger partial charge in [0.2, 0.25) is 5.91 Å². The molecule has 0 unspecified atom stereocenters. The second-order valence-electron chi connectivity index (χ2n) is 10.5. The largest absolute Gasteiger partial charge is 0.342 e. The predicted molar refractivity (Wildman–Crippen MR) is 137 cm³/mol. The van der Waals surface area contributed by atoms with Crippen molar-refractivity contribution in [1.29, 1.82) is 0 Å². The average molecular weight is 480 g/mol. The molecule has 4 heterocycles. The molecule has 0 N–H and O–H groups in total. The van der Waals surface area contributed by atoms with Crippen molar-refractivity contribution in [3.8, 4) is 0 Å². The van der Waals surface area contributed by atoms with Gasteiger partial charge in [0, 0.05) is 36.1 Å². The molecule has 0 spiro atoms. The van der Waals surface area contributed by atoms with Gasteiger partial charge in [-0.3, -0.25) is 9.59 Å². The molecule has 2 atom stereocenters. The van der Waals surface area contributed by atoms with Crippen LogP contribution in [0.1, 0.15) is 78.7 Å². The number of carbonyl (C=O) groups excluding carboxylic acids is 2. The Morgan fingerprint density at radius 3 is 2.41 bits per heavy atom. The Kier molecular flexibility index (Phi) is 7.07. The van der Waals surface area contributed by atoms with E-state index in [1.807, 2.05) is 35.2 Å². The third-order valence-electron chi connectivity index (χ3n) is 7.78. The lowest BCUT2D eigenvalue weighted by molar-refractivity contribution is -0.136. The van der Waals surface area contributed by atoms with Crippen LogP contribution in [0.25, 0.3) is 0 Å². The monoisotopic (exact) mass is 479 g/mol. The number of thiophene rings is 1. The minimum Gasteiger partial charge on any atom is -0.342 e. The van der Waals surface area contributed by atoms with Gasteiger partial charge in [0.1, 0.15) is 0 Å². The van der Waals surface area contributed by atoms with E-state index in [0.717, 1.165) is 36.4 Å². The molecule has 1 aromatic carbocycles. The number of nitrogens with zero attached hydrogens (tertiary/aromatic N) is 3. The first-order valence-corrected chi connectivity index (χ1v) is 13.9. The Morgan fingerprint density at radius 2 is 1.74 bits per heavy atom. The number of piperidine rings is 2. The standard InChI is InChI=1S/C28H37N3O2S/c1-20(2)19-31-26(24-11-8-18-34-24)25(22-9-4-5-10-23(22)27(31)32)28(33)30-16-12-21(13-17-30)29-14-6-3-7-15-29/h4-5,8-11,18,20-21,25-26H,3,6-7,12-17,19H2,1-2H3/t25-,26+/m1/s1. The summed E-state index contributed by atoms with van der Waals surface area (Å²) in [6.07, 6.45) is 6.07. The van der Waals surface area contributed by atoms with Crippen molar-refractivity contribution in [2.75, 3.05) is 32.7 Å². The smallest absolute Gasteiger partial charge is 0.254 e. The average Bonchev–Trinajstić information content (AvgIpc) is 3.40. The Labute approximate surface area is 207 Å². The highest BCUT2D eigenvalue weighted by atomic mass is 32.1. The summed E-state index contributed by atoms with van der Waals surface area (Å²) in [6.45, 7) is 8.98. The second-order valence-corrected chi connectivity index (χ2v) is 11.5. The quantitative estimate of drug-likeness (QED) is 0.595. The summed E-state index contributed by atoms with van der Waals surface area (Å²) >= 11 is 1.65. The molecule has 2 amide bonds. The van der Waals surface area contributed by atoms with Gasteiger partial charge in [-0.05, 0) is 67.8 Å². The summed E-state index contributed by atoms with van der Waals surface area (Å²) in [4.78, 5) is 35.7. The zero-order valence-corrected chi connectivity index (χ0v) is 21.3. The Morgan fingerprint density at radius 1 is 1.00 bits per heavy atom. The topological polar surface area (TPSA) is 43.9 Å². The third kappa shape index (κ3) is 4.55. The first-order chi connectivity index (χ1) is 16.5. The van der Waals surface area contributed by atoms with Crippen molar-refractivity contribution in [1.82, 2.24) is 14.7 Å². The third-order valence-corrected chi connectivity index (χ3v) is 8.73. The minimum atomic E-state index is -0.349. The molecule has 0 bridgehead atoms. The summed E-state index contributed by atoms with van der Waals surface area (Å²) in [5.74, 6) is 0.213. The van der Waals surface area contributed by atoms with Crippen LogP contribution in [-0.4, -0.2) is 65.3 Å². The molecule has 3 aliphatic rings. The number of likely N-dealkylation sites (tertiary alicyclic amines) is 2. The number of amides is 2. The summed E-state index contributed by atoms with van der Waals surface area (Å²) < 4.78 is 0. The van der Waals surface area contributed by atoms with E-state index in [9.17, 15) is 9.59 Å². The lowest BCUT2D eigenvalue weighted by atomic mass is 9.80. The van der Waals surface area contributed by atoms with Crippen LogP contribution in [0.5, 0.6) is 0 Å². The van der Waals surface area contributed by atoms with Gasteiger partial charge in [-0.25, -0.2) is 0 Å². The van der Waals surface area contributed by atoms with Crippen LogP contribution in [-0.2, 0) is 4.79 Å². The van der Waals surface area contributed by atoms with Crippen molar-refractivity contribution in [2.24, 2.45) is 5.92 Å². The van der Waals surface area contributed by atoms with Crippen LogP contribution < -0.4 is 0 Å². The summed E-state index contributed by atoms with van der Waals surface area (Å²) in [6, 6.07) is 12.3. The van der Waals surface area contributed by atoms with Gasteiger partial charge in [-0.2, -0.15) is 0 Å². The van der Waals surface area contributed by atoms with E-state index in [1.54, 1.807) is 11.3 Å². The summed E-state index contributed by atoms with van der Waals surface area (Å²) in [5, 5.41) is 2.06. The number of benzene rings is 1. The van der Waals surface area contributed by atoms with Crippen molar-refractivity contribution in [2.45, 2.75) is 64.0 Å². The maximum absolute atomic E-state index is 14.2. The number of hydrogen-bond donors (Lipinski definition) is 0. The van der Waals surface area contributed by atoms with E-state index in [4.69, 9.17) is 0 Å². The Bertz CT molecular complexity index is 991. The number of carbonyl (C=O) groups is 2. The highest BCUT2D eigenvalue weighted by Crippen LogP contribution is 2.45. The van der Waals surface area contributed by atoms with Crippen LogP contribution in [0.4, 0.5) is 0 Å². The highest BCUT2D eigenvalue weighted by molar-refractivity contribution is 7.10. The summed E-state index contributed by atoms with van der Waals surface area (Å²) in [5.41, 5.74) is 1.59. The molecule has 0 radical (unpaired) electrons. The van der Waals surface area contributed by atoms with Crippen LogP contribution in [0.2, 0.25) is 0 Å². The van der Waals surface area contributed by atoms with Crippen molar-refractivity contribution in [3.63, 3.8) is 0 Å². The lowest BCUT2D eigenvalue weighted by Crippen LogP contribution is -2.52. The molecular weight excluding hydrogens is 442 g/mol. The van der Waals surface area contributed by atoms with Gasteiger partial charge >= 0.3 is 0 Å². The molecule has 6 heteroatoms. The van der Waals surface area contributed by atoms with Gasteiger partial charge in [0.25, 0.3) is 5.91 Å². The van der Waals surface area contributed by atoms with Gasteiger partial charge in [0.05, 0.1) is 12.0 Å². The molecular formula is C28H37N3O2S. The van der Waals surface area contributed by atoms with E-state index >= 15 is 0 Å². The molecule has 1 aromatic heterocycles. The van der Waals surface area contributed by atoms with Gasteiger partial charge in [-0.1, -0.05) is 44.5 Å². The lowest BCUT2D eigenvalue weighted by Gasteiger charge is -2.45. The molecule has 2 aromatic rings. The fraction of sp³-hybridized carbons (Fsp3) is 0.571. The van der Waals surface area contributed by atoms with Crippen LogP contribution in [0.15, 0.2) is 41.8 Å². The highest BCUT2D eigenvalue weighted by Gasteiger charge is 2.46. The predicted octanol–water partition coefficient (Wildman–Crippen LogP) is 5.16. The number of fused-ring (bicyclic) bond motifs is 1. The second kappa shape index (κ2) is 10.2. The fourth-order valence-corrected chi connectivity index (χ4v) is 7.04. The molecule has 5 rings (SSSR count). The van der Waals surface area contributed by atoms with Crippen molar-refractivity contribution >= 4 is 23.2 Å². The maximum Gasteiger partial charge on any atom is 0.254 e. The molecule has 5 nitrogen and oxygen atoms in total. The van der Waals surface area contributed by atoms with E-state index < -0.39 is 0 Å². The minimum absolute atomic E-state index is 0.0514. The molecule has 2 fully saturated rings. The molecule has 182 valence electrons. The van der Waals surface area contributed by atoms with E-state index in [2.05, 4.69) is 35.1 Å². The van der Waals surface area contributed by atoms with Crippen LogP contribution in [0.3, 0.4) is 0 Å². The maximum atomic E-state index is 14.2. The van der Waals surface area contributed by atoms with Gasteiger partial charge in [0.15, 0.2) is 0 Å². The zero-order chi connectivity index (χ0) is 23.7. The van der Waals surface area contributed by atoms with Crippen LogP contribution >= 0.6 is 11.3 Å². The molecule has 0 saturated carbocycles. The van der Waals surface area contributed by atoms with Crippen molar-refractivity contribution < 1.29 is 9.59 Å². The molecule has 3 aliphatic heterocycles. The van der Waals surface area contributed by atoms with Gasteiger partial charge in [-0.15, -0.1) is 11.3 Å². The van der Waals surface area contributed by atoms with E-state index in [0.29, 0.717) is 24.1 Å². The van der Waals surface area contributed by atoms with E-state index in [1.165, 1.54) is 32.4 Å². The normalized spacial score (nSPS) is 24.5.